The van der Waals surface area contributed by atoms with Gasteiger partial charge in [0.15, 0.2) is 5.79 Å². The van der Waals surface area contributed by atoms with Crippen molar-refractivity contribution in [1.29, 1.82) is 0 Å². The van der Waals surface area contributed by atoms with Crippen LogP contribution in [0.2, 0.25) is 0 Å². The maximum atomic E-state index is 13.6. The van der Waals surface area contributed by atoms with Crippen LogP contribution in [-0.4, -0.2) is 0 Å². The van der Waals surface area contributed by atoms with Gasteiger partial charge in [0.1, 0.15) is 0 Å². The first-order valence-electron chi connectivity index (χ1n) is 4.18. The monoisotopic (exact) mass is 165 g/mol. The van der Waals surface area contributed by atoms with E-state index in [0.29, 0.717) is 12.0 Å². The first-order valence-corrected chi connectivity index (χ1v) is 4.18. The summed E-state index contributed by atoms with van der Waals surface area (Å²) in [7, 11) is 0. The lowest BCUT2D eigenvalue weighted by molar-refractivity contribution is 0.175. The largest absolute Gasteiger partial charge is 0.295 e. The quantitative estimate of drug-likeness (QED) is 0.585. The number of fused-ring (bicyclic) bond motifs is 1. The Morgan fingerprint density at radius 2 is 2.25 bits per heavy atom. The van der Waals surface area contributed by atoms with Gasteiger partial charge in [-0.25, -0.2) is 4.39 Å². The van der Waals surface area contributed by atoms with Crippen molar-refractivity contribution in [3.63, 3.8) is 0 Å². The van der Waals surface area contributed by atoms with Crippen LogP contribution in [0.5, 0.6) is 0 Å². The zero-order valence-electron chi connectivity index (χ0n) is 7.10. The van der Waals surface area contributed by atoms with E-state index in [0.717, 1.165) is 17.5 Å². The average molecular weight is 165 g/mol. The highest BCUT2D eigenvalue weighted by Gasteiger charge is 2.35. The van der Waals surface area contributed by atoms with Crippen molar-refractivity contribution in [1.82, 2.24) is 0 Å². The zero-order chi connectivity index (χ0) is 8.77. The molecule has 1 nitrogen and oxygen atoms in total. The van der Waals surface area contributed by atoms with Gasteiger partial charge in [-0.2, -0.15) is 0 Å². The van der Waals surface area contributed by atoms with Crippen molar-refractivity contribution < 1.29 is 4.39 Å². The first kappa shape index (κ1) is 7.74. The number of aryl methyl sites for hydroxylation is 2. The maximum Gasteiger partial charge on any atom is 0.185 e. The van der Waals surface area contributed by atoms with Gasteiger partial charge in [0.2, 0.25) is 0 Å². The summed E-state index contributed by atoms with van der Waals surface area (Å²) in [5, 5.41) is 0. The molecular weight excluding hydrogens is 153 g/mol. The van der Waals surface area contributed by atoms with E-state index in [1.54, 1.807) is 0 Å². The Morgan fingerprint density at radius 1 is 1.50 bits per heavy atom. The molecule has 0 spiro atoms. The molecular formula is C10H12FN. The van der Waals surface area contributed by atoms with E-state index in [1.807, 2.05) is 25.1 Å². The highest BCUT2D eigenvalue weighted by Crippen LogP contribution is 2.37. The number of rotatable bonds is 0. The lowest BCUT2D eigenvalue weighted by Gasteiger charge is -2.16. The third-order valence-corrected chi connectivity index (χ3v) is 2.53. The van der Waals surface area contributed by atoms with Crippen molar-refractivity contribution in [2.24, 2.45) is 5.73 Å². The van der Waals surface area contributed by atoms with Crippen molar-refractivity contribution in [2.45, 2.75) is 25.6 Å². The van der Waals surface area contributed by atoms with Crippen molar-refractivity contribution in [2.75, 3.05) is 0 Å². The topological polar surface area (TPSA) is 26.0 Å². The van der Waals surface area contributed by atoms with Crippen molar-refractivity contribution in [3.8, 4) is 0 Å². The molecule has 0 saturated carbocycles. The van der Waals surface area contributed by atoms with Gasteiger partial charge in [-0.05, 0) is 24.5 Å². The van der Waals surface area contributed by atoms with E-state index in [4.69, 9.17) is 5.73 Å². The molecule has 0 fully saturated rings. The minimum absolute atomic E-state index is 0.424. The molecule has 0 heterocycles. The van der Waals surface area contributed by atoms with E-state index in [9.17, 15) is 4.39 Å². The Balaban J connectivity index is 2.64. The summed E-state index contributed by atoms with van der Waals surface area (Å²) < 4.78 is 13.6. The van der Waals surface area contributed by atoms with E-state index in [-0.39, 0.29) is 0 Å². The summed E-state index contributed by atoms with van der Waals surface area (Å²) in [5.41, 5.74) is 8.27. The summed E-state index contributed by atoms with van der Waals surface area (Å²) in [6, 6.07) is 5.82. The summed E-state index contributed by atoms with van der Waals surface area (Å²) in [4.78, 5) is 0. The average Bonchev–Trinajstić information content (AvgIpc) is 2.29. The van der Waals surface area contributed by atoms with Crippen LogP contribution in [0.15, 0.2) is 18.2 Å². The summed E-state index contributed by atoms with van der Waals surface area (Å²) in [6.45, 7) is 1.91. The normalized spacial score (nSPS) is 27.2. The van der Waals surface area contributed by atoms with Crippen LogP contribution in [0.25, 0.3) is 0 Å². The molecule has 1 aromatic carbocycles. The molecule has 0 radical (unpaired) electrons. The predicted molar refractivity (Wildman–Crippen MR) is 46.5 cm³/mol. The standard InChI is InChI=1S/C10H12FN/c1-7-3-2-4-8-5-6-10(11,12)9(7)8/h2-4H,5-6,12H2,1H3. The van der Waals surface area contributed by atoms with Crippen LogP contribution in [0.3, 0.4) is 0 Å². The van der Waals surface area contributed by atoms with Gasteiger partial charge in [-0.3, -0.25) is 5.73 Å². The van der Waals surface area contributed by atoms with Crippen molar-refractivity contribution >= 4 is 0 Å². The number of alkyl halides is 1. The third kappa shape index (κ3) is 0.950. The summed E-state index contributed by atoms with van der Waals surface area (Å²) in [6.07, 6.45) is 1.19. The molecule has 12 heavy (non-hydrogen) atoms. The number of hydrogen-bond acceptors (Lipinski definition) is 1. The van der Waals surface area contributed by atoms with Gasteiger partial charge < -0.3 is 0 Å². The second-order valence-electron chi connectivity index (χ2n) is 3.47. The van der Waals surface area contributed by atoms with Crippen LogP contribution in [0.4, 0.5) is 4.39 Å². The molecule has 64 valence electrons. The molecule has 1 aromatic rings. The lowest BCUT2D eigenvalue weighted by Crippen LogP contribution is -2.28. The molecule has 1 unspecified atom stereocenters. The molecule has 1 aliphatic rings. The number of halogens is 1. The number of hydrogen-bond donors (Lipinski definition) is 1. The minimum atomic E-state index is -1.58. The van der Waals surface area contributed by atoms with E-state index in [1.165, 1.54) is 0 Å². The van der Waals surface area contributed by atoms with E-state index < -0.39 is 5.79 Å². The van der Waals surface area contributed by atoms with Gasteiger partial charge >= 0.3 is 0 Å². The first-order chi connectivity index (χ1) is 5.61. The molecule has 0 bridgehead atoms. The molecule has 1 atom stereocenters. The van der Waals surface area contributed by atoms with Crippen LogP contribution in [0, 0.1) is 6.92 Å². The van der Waals surface area contributed by atoms with Crippen molar-refractivity contribution in [3.05, 3.63) is 34.9 Å². The summed E-state index contributed by atoms with van der Waals surface area (Å²) >= 11 is 0. The Hall–Kier alpha value is -0.890. The molecule has 0 aromatic heterocycles. The fourth-order valence-electron chi connectivity index (χ4n) is 1.97. The highest BCUT2D eigenvalue weighted by atomic mass is 19.1. The molecule has 2 heteroatoms. The van der Waals surface area contributed by atoms with Gasteiger partial charge in [0.25, 0.3) is 0 Å². The molecule has 1 aliphatic carbocycles. The van der Waals surface area contributed by atoms with Gasteiger partial charge in [0, 0.05) is 12.0 Å². The van der Waals surface area contributed by atoms with Crippen LogP contribution >= 0.6 is 0 Å². The summed E-state index contributed by atoms with van der Waals surface area (Å²) in [5.74, 6) is -1.58. The molecule has 0 saturated heterocycles. The SMILES string of the molecule is Cc1cccc2c1C(N)(F)CC2. The molecule has 2 N–H and O–H groups in total. The van der Waals surface area contributed by atoms with Crippen LogP contribution in [0.1, 0.15) is 23.1 Å². The second kappa shape index (κ2) is 2.30. The Bertz CT molecular complexity index is 318. The molecule has 2 rings (SSSR count). The van der Waals surface area contributed by atoms with Gasteiger partial charge in [0.05, 0.1) is 0 Å². The van der Waals surface area contributed by atoms with E-state index in [2.05, 4.69) is 0 Å². The van der Waals surface area contributed by atoms with Crippen LogP contribution < -0.4 is 5.73 Å². The molecule has 0 aliphatic heterocycles. The smallest absolute Gasteiger partial charge is 0.185 e. The maximum absolute atomic E-state index is 13.6. The number of nitrogens with two attached hydrogens (primary N) is 1. The zero-order valence-corrected chi connectivity index (χ0v) is 7.10. The predicted octanol–water partition coefficient (Wildman–Crippen LogP) is 2.02. The molecule has 0 amide bonds. The Kier molecular flexibility index (Phi) is 1.48. The Morgan fingerprint density at radius 3 is 2.92 bits per heavy atom. The lowest BCUT2D eigenvalue weighted by atomic mass is 10.0. The van der Waals surface area contributed by atoms with Crippen LogP contribution in [-0.2, 0) is 12.2 Å². The highest BCUT2D eigenvalue weighted by molar-refractivity contribution is 5.42. The second-order valence-corrected chi connectivity index (χ2v) is 3.47. The fraction of sp³-hybridized carbons (Fsp3) is 0.400. The fourth-order valence-corrected chi connectivity index (χ4v) is 1.97. The van der Waals surface area contributed by atoms with E-state index >= 15 is 0 Å². The van der Waals surface area contributed by atoms with Gasteiger partial charge in [-0.15, -0.1) is 0 Å². The minimum Gasteiger partial charge on any atom is -0.295 e. The third-order valence-electron chi connectivity index (χ3n) is 2.53. The van der Waals surface area contributed by atoms with Gasteiger partial charge in [-0.1, -0.05) is 18.2 Å². The Labute approximate surface area is 71.4 Å². The number of benzene rings is 1.